The van der Waals surface area contributed by atoms with E-state index in [1.54, 1.807) is 0 Å². The van der Waals surface area contributed by atoms with Gasteiger partial charge in [0.15, 0.2) is 5.96 Å². The van der Waals surface area contributed by atoms with E-state index in [0.717, 1.165) is 56.5 Å². The van der Waals surface area contributed by atoms with Crippen LogP contribution in [0.25, 0.3) is 0 Å². The first kappa shape index (κ1) is 19.5. The Morgan fingerprint density at radius 1 is 1.24 bits per heavy atom. The molecule has 25 heavy (non-hydrogen) atoms. The topological polar surface area (TPSA) is 64.6 Å². The van der Waals surface area contributed by atoms with Crippen LogP contribution in [-0.2, 0) is 0 Å². The fourth-order valence-electron chi connectivity index (χ4n) is 2.96. The van der Waals surface area contributed by atoms with Gasteiger partial charge in [0.25, 0.3) is 0 Å². The van der Waals surface area contributed by atoms with Gasteiger partial charge in [0.1, 0.15) is 5.82 Å². The third-order valence-electron chi connectivity index (χ3n) is 4.33. The zero-order valence-corrected chi connectivity index (χ0v) is 16.4. The molecule has 0 spiro atoms. The van der Waals surface area contributed by atoms with Crippen molar-refractivity contribution < 1.29 is 0 Å². The number of anilines is 1. The Balaban J connectivity index is 1.73. The van der Waals surface area contributed by atoms with Crippen molar-refractivity contribution in [2.24, 2.45) is 4.99 Å². The summed E-state index contributed by atoms with van der Waals surface area (Å²) in [6, 6.07) is 6.69. The fourth-order valence-corrected chi connectivity index (χ4v) is 2.96. The molecule has 1 aliphatic rings. The summed E-state index contributed by atoms with van der Waals surface area (Å²) in [5, 5.41) is 10.4. The SMILES string of the molecule is CN=C(NCCNC(C)(C)C)NC1CCN(c2cccc(C)n2)CC1. The Morgan fingerprint density at radius 3 is 2.56 bits per heavy atom. The van der Waals surface area contributed by atoms with Crippen LogP contribution in [0.2, 0.25) is 0 Å². The number of pyridine rings is 1. The Bertz CT molecular complexity index is 555. The molecule has 0 amide bonds. The Morgan fingerprint density at radius 2 is 1.96 bits per heavy atom. The number of hydrogen-bond donors (Lipinski definition) is 3. The van der Waals surface area contributed by atoms with Crippen molar-refractivity contribution in [2.45, 2.75) is 52.1 Å². The number of aryl methyl sites for hydroxylation is 1. The van der Waals surface area contributed by atoms with Crippen LogP contribution in [0.1, 0.15) is 39.3 Å². The summed E-state index contributed by atoms with van der Waals surface area (Å²) in [5.41, 5.74) is 1.22. The first-order chi connectivity index (χ1) is 11.9. The van der Waals surface area contributed by atoms with E-state index in [1.165, 1.54) is 0 Å². The predicted octanol–water partition coefficient (Wildman–Crippen LogP) is 1.91. The minimum atomic E-state index is 0.148. The second-order valence-electron chi connectivity index (χ2n) is 7.72. The van der Waals surface area contributed by atoms with Gasteiger partial charge in [0, 0.05) is 50.5 Å². The van der Waals surface area contributed by atoms with Crippen LogP contribution >= 0.6 is 0 Å². The zero-order valence-electron chi connectivity index (χ0n) is 16.4. The predicted molar refractivity (Wildman–Crippen MR) is 106 cm³/mol. The fraction of sp³-hybridized carbons (Fsp3) is 0.684. The van der Waals surface area contributed by atoms with Crippen molar-refractivity contribution in [1.29, 1.82) is 0 Å². The van der Waals surface area contributed by atoms with Gasteiger partial charge in [-0.05, 0) is 52.7 Å². The maximum Gasteiger partial charge on any atom is 0.191 e. The average Bonchev–Trinajstić information content (AvgIpc) is 2.57. The molecule has 1 fully saturated rings. The van der Waals surface area contributed by atoms with Crippen molar-refractivity contribution in [3.63, 3.8) is 0 Å². The van der Waals surface area contributed by atoms with E-state index >= 15 is 0 Å². The van der Waals surface area contributed by atoms with Crippen LogP contribution in [0.4, 0.5) is 5.82 Å². The van der Waals surface area contributed by atoms with Crippen LogP contribution in [0.5, 0.6) is 0 Å². The molecule has 0 aromatic carbocycles. The van der Waals surface area contributed by atoms with Crippen molar-refractivity contribution in [1.82, 2.24) is 20.9 Å². The number of guanidine groups is 1. The van der Waals surface area contributed by atoms with Crippen molar-refractivity contribution in [3.8, 4) is 0 Å². The number of hydrogen-bond acceptors (Lipinski definition) is 4. The lowest BCUT2D eigenvalue weighted by Gasteiger charge is -2.34. The number of nitrogens with zero attached hydrogens (tertiary/aromatic N) is 3. The van der Waals surface area contributed by atoms with Crippen molar-refractivity contribution >= 4 is 11.8 Å². The molecule has 0 atom stereocenters. The molecule has 0 bridgehead atoms. The smallest absolute Gasteiger partial charge is 0.191 e. The van der Waals surface area contributed by atoms with Crippen molar-refractivity contribution in [3.05, 3.63) is 23.9 Å². The molecular weight excluding hydrogens is 312 g/mol. The normalized spacial score (nSPS) is 16.8. The van der Waals surface area contributed by atoms with Crippen LogP contribution in [0, 0.1) is 6.92 Å². The van der Waals surface area contributed by atoms with Crippen LogP contribution in [0.3, 0.4) is 0 Å². The second kappa shape index (κ2) is 9.04. The molecule has 2 rings (SSSR count). The summed E-state index contributed by atoms with van der Waals surface area (Å²) in [5.74, 6) is 1.98. The number of aliphatic imine (C=N–C) groups is 1. The number of aromatic nitrogens is 1. The maximum absolute atomic E-state index is 4.63. The van der Waals surface area contributed by atoms with Crippen LogP contribution in [0.15, 0.2) is 23.2 Å². The van der Waals surface area contributed by atoms with Crippen LogP contribution in [-0.4, -0.2) is 55.8 Å². The van der Waals surface area contributed by atoms with Gasteiger partial charge in [0.2, 0.25) is 0 Å². The van der Waals surface area contributed by atoms with E-state index in [-0.39, 0.29) is 5.54 Å². The van der Waals surface area contributed by atoms with E-state index in [9.17, 15) is 0 Å². The lowest BCUT2D eigenvalue weighted by atomic mass is 10.1. The molecule has 0 aliphatic carbocycles. The highest BCUT2D eigenvalue weighted by Crippen LogP contribution is 2.18. The summed E-state index contributed by atoms with van der Waals surface area (Å²) in [6.07, 6.45) is 2.19. The Labute approximate surface area is 152 Å². The minimum Gasteiger partial charge on any atom is -0.356 e. The standard InChI is InChI=1S/C19H34N6/c1-15-7-6-8-17(23-15)25-13-9-16(10-14-25)24-18(20-5)21-11-12-22-19(2,3)4/h6-8,16,22H,9-14H2,1-5H3,(H2,20,21,24). The summed E-state index contributed by atoms with van der Waals surface area (Å²) >= 11 is 0. The third-order valence-corrected chi connectivity index (χ3v) is 4.33. The van der Waals surface area contributed by atoms with Gasteiger partial charge >= 0.3 is 0 Å². The quantitative estimate of drug-likeness (QED) is 0.432. The molecule has 140 valence electrons. The van der Waals surface area contributed by atoms with E-state index < -0.39 is 0 Å². The van der Waals surface area contributed by atoms with Crippen molar-refractivity contribution in [2.75, 3.05) is 38.1 Å². The molecule has 2 heterocycles. The molecule has 0 saturated carbocycles. The number of piperidine rings is 1. The maximum atomic E-state index is 4.63. The molecule has 1 aliphatic heterocycles. The highest BCUT2D eigenvalue weighted by atomic mass is 15.2. The molecule has 6 nitrogen and oxygen atoms in total. The third kappa shape index (κ3) is 6.90. The second-order valence-corrected chi connectivity index (χ2v) is 7.72. The highest BCUT2D eigenvalue weighted by molar-refractivity contribution is 5.80. The first-order valence-electron chi connectivity index (χ1n) is 9.28. The molecule has 6 heteroatoms. The largest absolute Gasteiger partial charge is 0.356 e. The Kier molecular flexibility index (Phi) is 7.05. The lowest BCUT2D eigenvalue weighted by molar-refractivity contribution is 0.426. The summed E-state index contributed by atoms with van der Waals surface area (Å²) in [7, 11) is 1.83. The summed E-state index contributed by atoms with van der Waals surface area (Å²) in [6.45, 7) is 12.4. The number of nitrogens with one attached hydrogen (secondary N) is 3. The molecule has 0 radical (unpaired) electrons. The average molecular weight is 347 g/mol. The van der Waals surface area contributed by atoms with Crippen LogP contribution < -0.4 is 20.9 Å². The molecule has 0 unspecified atom stereocenters. The van der Waals surface area contributed by atoms with Gasteiger partial charge in [-0.3, -0.25) is 4.99 Å². The minimum absolute atomic E-state index is 0.148. The van der Waals surface area contributed by atoms with Gasteiger partial charge in [-0.2, -0.15) is 0 Å². The Hall–Kier alpha value is -1.82. The lowest BCUT2D eigenvalue weighted by Crippen LogP contribution is -2.50. The van der Waals surface area contributed by atoms with E-state index in [2.05, 4.69) is 63.7 Å². The van der Waals surface area contributed by atoms with Gasteiger partial charge < -0.3 is 20.9 Å². The molecule has 1 aromatic heterocycles. The summed E-state index contributed by atoms with van der Waals surface area (Å²) < 4.78 is 0. The van der Waals surface area contributed by atoms with Gasteiger partial charge in [0.05, 0.1) is 0 Å². The molecule has 1 aromatic rings. The number of rotatable bonds is 5. The molecular formula is C19H34N6. The monoisotopic (exact) mass is 346 g/mol. The van der Waals surface area contributed by atoms with E-state index in [1.807, 2.05) is 20.0 Å². The van der Waals surface area contributed by atoms with Gasteiger partial charge in [-0.1, -0.05) is 6.07 Å². The highest BCUT2D eigenvalue weighted by Gasteiger charge is 2.20. The molecule has 1 saturated heterocycles. The van der Waals surface area contributed by atoms with Gasteiger partial charge in [-0.15, -0.1) is 0 Å². The van der Waals surface area contributed by atoms with E-state index in [0.29, 0.717) is 6.04 Å². The summed E-state index contributed by atoms with van der Waals surface area (Å²) in [4.78, 5) is 11.3. The zero-order chi connectivity index (χ0) is 18.3. The molecule has 3 N–H and O–H groups in total. The van der Waals surface area contributed by atoms with E-state index in [4.69, 9.17) is 0 Å². The van der Waals surface area contributed by atoms with Gasteiger partial charge in [-0.25, -0.2) is 4.98 Å². The first-order valence-corrected chi connectivity index (χ1v) is 9.28.